The van der Waals surface area contributed by atoms with Crippen molar-refractivity contribution in [1.82, 2.24) is 0 Å². The molecule has 0 aromatic heterocycles. The second-order valence-electron chi connectivity index (χ2n) is 0.816. The smallest absolute Gasteiger partial charge is 0.759 e. The molecule has 11 heavy (non-hydrogen) atoms. The van der Waals surface area contributed by atoms with Gasteiger partial charge >= 0.3 is 31.1 Å². The summed E-state index contributed by atoms with van der Waals surface area (Å²) in [7, 11) is -10.3. The van der Waals surface area contributed by atoms with Gasteiger partial charge in [-0.25, -0.2) is 0 Å². The Kier molecular flexibility index (Phi) is 10.2. The standard InChI is InChI=1S/2H2O4S.U/c2*1-5(2,3)4;/h2*(H2,1,2,3,4);/q;;+4/p-4. The summed E-state index contributed by atoms with van der Waals surface area (Å²) < 4.78 is 68.2. The maximum Gasteiger partial charge on any atom is 4.00 e. The molecule has 0 unspecified atom stereocenters. The molecule has 0 rings (SSSR count). The van der Waals surface area contributed by atoms with Crippen molar-refractivity contribution >= 4 is 20.8 Å². The van der Waals surface area contributed by atoms with Crippen molar-refractivity contribution in [2.45, 2.75) is 0 Å². The molecule has 0 amide bonds. The van der Waals surface area contributed by atoms with Gasteiger partial charge in [0.1, 0.15) is 0 Å². The van der Waals surface area contributed by atoms with E-state index in [4.69, 9.17) is 35.0 Å². The van der Waals surface area contributed by atoms with Gasteiger partial charge in [-0.15, -0.1) is 0 Å². The van der Waals surface area contributed by atoms with E-state index in [2.05, 4.69) is 0 Å². The SMILES string of the molecule is O=S(=O)([O-])[O-].O=S(=O)([O-])[O-].[U+4]. The quantitative estimate of drug-likeness (QED) is 0.297. The summed E-state index contributed by atoms with van der Waals surface area (Å²) in [5, 5.41) is 0. The molecule has 0 aliphatic heterocycles. The molecule has 11 heteroatoms. The Morgan fingerprint density at radius 3 is 0.636 bits per heavy atom. The van der Waals surface area contributed by atoms with Gasteiger partial charge in [0.2, 0.25) is 0 Å². The summed E-state index contributed by atoms with van der Waals surface area (Å²) in [6.45, 7) is 0. The predicted molar refractivity (Wildman–Crippen MR) is 20.9 cm³/mol. The van der Waals surface area contributed by atoms with Gasteiger partial charge in [0.05, 0.1) is 0 Å². The first-order valence-electron chi connectivity index (χ1n) is 1.33. The third-order valence-electron chi connectivity index (χ3n) is 0. The molecule has 0 aromatic rings. The molecule has 0 aromatic carbocycles. The molecule has 0 fully saturated rings. The van der Waals surface area contributed by atoms with E-state index in [0.29, 0.717) is 0 Å². The first kappa shape index (κ1) is 17.8. The maximum absolute atomic E-state index is 8.52. The van der Waals surface area contributed by atoms with Gasteiger partial charge in [-0.1, -0.05) is 0 Å². The minimum Gasteiger partial charge on any atom is -0.759 e. The summed E-state index contributed by atoms with van der Waals surface area (Å²) in [5.41, 5.74) is 0. The second-order valence-corrected chi connectivity index (χ2v) is 2.45. The van der Waals surface area contributed by atoms with E-state index in [1.54, 1.807) is 0 Å². The average Bonchev–Trinajstić information content (AvgIpc) is 1.12. The van der Waals surface area contributed by atoms with E-state index in [-0.39, 0.29) is 31.1 Å². The van der Waals surface area contributed by atoms with E-state index in [1.165, 1.54) is 0 Å². The summed E-state index contributed by atoms with van der Waals surface area (Å²) in [4.78, 5) is 0. The van der Waals surface area contributed by atoms with Crippen molar-refractivity contribution in [3.8, 4) is 0 Å². The summed E-state index contributed by atoms with van der Waals surface area (Å²) in [6, 6.07) is 0. The van der Waals surface area contributed by atoms with Gasteiger partial charge in [-0.05, 0) is 0 Å². The van der Waals surface area contributed by atoms with E-state index < -0.39 is 20.8 Å². The molecule has 0 aliphatic carbocycles. The average molecular weight is 430 g/mol. The van der Waals surface area contributed by atoms with Crippen LogP contribution in [0.4, 0.5) is 0 Å². The van der Waals surface area contributed by atoms with E-state index in [0.717, 1.165) is 0 Å². The molecular weight excluding hydrogens is 430 g/mol. The maximum atomic E-state index is 8.52. The van der Waals surface area contributed by atoms with Crippen LogP contribution in [0.2, 0.25) is 0 Å². The molecule has 0 saturated carbocycles. The predicted octanol–water partition coefficient (Wildman–Crippen LogP) is -2.68. The largest absolute Gasteiger partial charge is 4.00 e. The van der Waals surface area contributed by atoms with E-state index >= 15 is 0 Å². The molecule has 8 nitrogen and oxygen atoms in total. The summed E-state index contributed by atoms with van der Waals surface area (Å²) in [6.07, 6.45) is 0. The fourth-order valence-electron chi connectivity index (χ4n) is 0. The van der Waals surface area contributed by atoms with Crippen molar-refractivity contribution in [1.29, 1.82) is 0 Å². The van der Waals surface area contributed by atoms with Crippen molar-refractivity contribution in [2.75, 3.05) is 0 Å². The van der Waals surface area contributed by atoms with Crippen LogP contribution in [0.15, 0.2) is 0 Å². The number of rotatable bonds is 0. The Hall–Kier alpha value is 0.792. The van der Waals surface area contributed by atoms with Crippen LogP contribution >= 0.6 is 0 Å². The van der Waals surface area contributed by atoms with Gasteiger partial charge in [-0.3, -0.25) is 16.8 Å². The summed E-state index contributed by atoms with van der Waals surface area (Å²) in [5.74, 6) is 0. The van der Waals surface area contributed by atoms with Crippen molar-refractivity contribution in [2.24, 2.45) is 0 Å². The molecule has 0 spiro atoms. The minimum atomic E-state index is -5.17. The minimum absolute atomic E-state index is 0. The van der Waals surface area contributed by atoms with Crippen LogP contribution in [0.5, 0.6) is 0 Å². The van der Waals surface area contributed by atoms with Gasteiger partial charge in [-0.2, -0.15) is 0 Å². The van der Waals surface area contributed by atoms with Crippen LogP contribution in [0.1, 0.15) is 0 Å². The third kappa shape index (κ3) is 1330. The number of hydrogen-bond donors (Lipinski definition) is 0. The molecule has 0 radical (unpaired) electrons. The zero-order valence-corrected chi connectivity index (χ0v) is 10.4. The fourth-order valence-corrected chi connectivity index (χ4v) is 0. The van der Waals surface area contributed by atoms with Crippen molar-refractivity contribution in [3.05, 3.63) is 0 Å². The fraction of sp³-hybridized carbons (Fsp3) is 0. The molecular formula is O8S2U. The monoisotopic (exact) mass is 430 g/mol. The van der Waals surface area contributed by atoms with Gasteiger partial charge in [0.15, 0.2) is 0 Å². The van der Waals surface area contributed by atoms with Crippen LogP contribution in [-0.4, -0.2) is 35.0 Å². The van der Waals surface area contributed by atoms with Crippen LogP contribution in [0.3, 0.4) is 0 Å². The molecule has 64 valence electrons. The molecule has 0 saturated heterocycles. The van der Waals surface area contributed by atoms with Gasteiger partial charge in [0.25, 0.3) is 0 Å². The Labute approximate surface area is 86.5 Å². The van der Waals surface area contributed by atoms with Crippen molar-refractivity contribution in [3.63, 3.8) is 0 Å². The topological polar surface area (TPSA) is 161 Å². The Morgan fingerprint density at radius 1 is 0.636 bits per heavy atom. The Bertz CT molecular complexity index is 208. The first-order valence-corrected chi connectivity index (χ1v) is 4.00. The third-order valence-corrected chi connectivity index (χ3v) is 0. The molecule has 0 atom stereocenters. The van der Waals surface area contributed by atoms with E-state index in [1.807, 2.05) is 0 Å². The first-order chi connectivity index (χ1) is 4.00. The molecule has 0 N–H and O–H groups in total. The summed E-state index contributed by atoms with van der Waals surface area (Å²) >= 11 is 0. The normalized spacial score (nSPS) is 10.5. The Morgan fingerprint density at radius 2 is 0.636 bits per heavy atom. The van der Waals surface area contributed by atoms with Gasteiger partial charge in [0, 0.05) is 20.8 Å². The van der Waals surface area contributed by atoms with Gasteiger partial charge < -0.3 is 18.2 Å². The molecule has 0 aliphatic rings. The number of hydrogen-bond acceptors (Lipinski definition) is 8. The zero-order chi connectivity index (χ0) is 9.00. The zero-order valence-electron chi connectivity index (χ0n) is 4.58. The Balaban J connectivity index is -0.000000107. The molecule has 0 bridgehead atoms. The second kappa shape index (κ2) is 6.32. The van der Waals surface area contributed by atoms with Crippen LogP contribution < -0.4 is 0 Å². The van der Waals surface area contributed by atoms with Crippen LogP contribution in [0, 0.1) is 31.1 Å². The van der Waals surface area contributed by atoms with Crippen LogP contribution in [0.25, 0.3) is 0 Å². The van der Waals surface area contributed by atoms with E-state index in [9.17, 15) is 0 Å². The molecule has 0 heterocycles. The van der Waals surface area contributed by atoms with Crippen molar-refractivity contribution < 1.29 is 66.2 Å². The van der Waals surface area contributed by atoms with Crippen LogP contribution in [-0.2, 0) is 20.8 Å².